The SMILES string of the molecule is CC.Cc1cc(C(=O)/C=C/c2cc(C)c(OC(C)(C)C(=O)OC(C)(C)C)c(C)c2)cc(C)c1OCCSC1CCCCC1. The van der Waals surface area contributed by atoms with Gasteiger partial charge in [0, 0.05) is 16.6 Å². The molecule has 0 amide bonds. The summed E-state index contributed by atoms with van der Waals surface area (Å²) >= 11 is 2.03. The van der Waals surface area contributed by atoms with Gasteiger partial charge in [-0.15, -0.1) is 0 Å². The van der Waals surface area contributed by atoms with Gasteiger partial charge in [0.15, 0.2) is 11.4 Å². The Balaban J connectivity index is 0.00000316. The fourth-order valence-electron chi connectivity index (χ4n) is 5.12. The Bertz CT molecular complexity index is 1220. The zero-order valence-corrected chi connectivity index (χ0v) is 29.3. The smallest absolute Gasteiger partial charge is 0.350 e. The highest BCUT2D eigenvalue weighted by Gasteiger charge is 2.35. The molecule has 1 aliphatic rings. The van der Waals surface area contributed by atoms with E-state index in [9.17, 15) is 9.59 Å². The number of hydrogen-bond acceptors (Lipinski definition) is 6. The molecule has 1 saturated carbocycles. The van der Waals surface area contributed by atoms with Gasteiger partial charge < -0.3 is 14.2 Å². The lowest BCUT2D eigenvalue weighted by Gasteiger charge is -2.30. The molecule has 0 bridgehead atoms. The number of rotatable bonds is 11. The number of esters is 1. The largest absolute Gasteiger partial charge is 0.492 e. The van der Waals surface area contributed by atoms with Crippen LogP contribution in [0.1, 0.15) is 119 Å². The van der Waals surface area contributed by atoms with Crippen LogP contribution >= 0.6 is 11.8 Å². The summed E-state index contributed by atoms with van der Waals surface area (Å²) in [7, 11) is 0. The summed E-state index contributed by atoms with van der Waals surface area (Å²) in [5, 5.41) is 0.779. The number of carbonyl (C=O) groups is 2. The molecular formula is C37H54O5S. The molecule has 1 fully saturated rings. The summed E-state index contributed by atoms with van der Waals surface area (Å²) in [6.45, 7) is 21.5. The van der Waals surface area contributed by atoms with Crippen LogP contribution in [0, 0.1) is 27.7 Å². The standard InChI is InChI=1S/C35H48O5S.C2H6/c1-23-19-27(20-24(2)32(23)39-35(8,9)33(37)40-34(5,6)7)15-16-30(36)28-21-25(3)31(26(4)22-28)38-17-18-41-29-13-11-10-12-14-29;1-2/h15-16,19-22,29H,10-14,17-18H2,1-9H3;1-2H3/b16-15+;. The number of carbonyl (C=O) groups excluding carboxylic acids is 2. The molecule has 6 heteroatoms. The number of allylic oxidation sites excluding steroid dienone is 1. The van der Waals surface area contributed by atoms with E-state index < -0.39 is 17.2 Å². The Morgan fingerprint density at radius 3 is 1.91 bits per heavy atom. The molecule has 2 aromatic carbocycles. The fourth-order valence-corrected chi connectivity index (χ4v) is 6.30. The second-order valence-electron chi connectivity index (χ2n) is 12.7. The minimum absolute atomic E-state index is 0.0581. The molecule has 0 saturated heterocycles. The second-order valence-corrected chi connectivity index (χ2v) is 14.1. The predicted octanol–water partition coefficient (Wildman–Crippen LogP) is 9.79. The molecule has 0 N–H and O–H groups in total. The van der Waals surface area contributed by atoms with Crippen molar-refractivity contribution in [2.24, 2.45) is 0 Å². The van der Waals surface area contributed by atoms with Crippen molar-refractivity contribution >= 4 is 29.6 Å². The molecule has 238 valence electrons. The Labute approximate surface area is 265 Å². The van der Waals surface area contributed by atoms with Crippen molar-refractivity contribution < 1.29 is 23.8 Å². The van der Waals surface area contributed by atoms with Crippen molar-refractivity contribution in [1.29, 1.82) is 0 Å². The van der Waals surface area contributed by atoms with Crippen LogP contribution in [0.5, 0.6) is 11.5 Å². The van der Waals surface area contributed by atoms with E-state index in [0.717, 1.165) is 44.6 Å². The van der Waals surface area contributed by atoms with Crippen LogP contribution in [0.4, 0.5) is 0 Å². The number of ether oxygens (including phenoxy) is 3. The van der Waals surface area contributed by atoms with Crippen LogP contribution in [-0.2, 0) is 9.53 Å². The summed E-state index contributed by atoms with van der Waals surface area (Å²) in [6, 6.07) is 7.73. The van der Waals surface area contributed by atoms with Gasteiger partial charge in [-0.1, -0.05) is 39.2 Å². The third kappa shape index (κ3) is 11.4. The second kappa shape index (κ2) is 16.4. The van der Waals surface area contributed by atoms with E-state index in [1.807, 2.05) is 104 Å². The van der Waals surface area contributed by atoms with Crippen molar-refractivity contribution in [3.63, 3.8) is 0 Å². The number of thioether (sulfide) groups is 1. The van der Waals surface area contributed by atoms with Crippen molar-refractivity contribution in [1.82, 2.24) is 0 Å². The van der Waals surface area contributed by atoms with Crippen LogP contribution in [0.2, 0.25) is 0 Å². The first-order chi connectivity index (χ1) is 20.2. The van der Waals surface area contributed by atoms with Gasteiger partial charge in [0.25, 0.3) is 0 Å². The minimum atomic E-state index is -1.14. The quantitative estimate of drug-likeness (QED) is 0.109. The lowest BCUT2D eigenvalue weighted by Crippen LogP contribution is -2.43. The lowest BCUT2D eigenvalue weighted by atomic mass is 10.0. The van der Waals surface area contributed by atoms with Crippen LogP contribution in [-0.4, -0.2) is 40.6 Å². The van der Waals surface area contributed by atoms with E-state index in [1.54, 1.807) is 19.9 Å². The molecule has 43 heavy (non-hydrogen) atoms. The van der Waals surface area contributed by atoms with Crippen LogP contribution in [0.15, 0.2) is 30.3 Å². The maximum absolute atomic E-state index is 13.1. The molecule has 0 unspecified atom stereocenters. The predicted molar refractivity (Wildman–Crippen MR) is 182 cm³/mol. The van der Waals surface area contributed by atoms with Crippen molar-refractivity contribution in [2.45, 2.75) is 125 Å². The van der Waals surface area contributed by atoms with Gasteiger partial charge >= 0.3 is 5.97 Å². The normalized spacial score (nSPS) is 14.2. The number of hydrogen-bond donors (Lipinski definition) is 0. The summed E-state index contributed by atoms with van der Waals surface area (Å²) < 4.78 is 17.8. The first-order valence-electron chi connectivity index (χ1n) is 15.8. The number of benzene rings is 2. The van der Waals surface area contributed by atoms with Crippen molar-refractivity contribution in [2.75, 3.05) is 12.4 Å². The minimum Gasteiger partial charge on any atom is -0.492 e. The van der Waals surface area contributed by atoms with E-state index in [2.05, 4.69) is 0 Å². The number of aryl methyl sites for hydroxylation is 4. The van der Waals surface area contributed by atoms with Crippen LogP contribution in [0.3, 0.4) is 0 Å². The van der Waals surface area contributed by atoms with Gasteiger partial charge in [0.2, 0.25) is 0 Å². The number of ketones is 1. The Morgan fingerprint density at radius 2 is 1.37 bits per heavy atom. The third-order valence-corrected chi connectivity index (χ3v) is 8.48. The average molecular weight is 611 g/mol. The van der Waals surface area contributed by atoms with Crippen LogP contribution in [0.25, 0.3) is 6.08 Å². The molecule has 3 rings (SSSR count). The lowest BCUT2D eigenvalue weighted by molar-refractivity contribution is -0.171. The monoisotopic (exact) mass is 610 g/mol. The average Bonchev–Trinajstić information content (AvgIpc) is 2.93. The Morgan fingerprint density at radius 1 is 0.837 bits per heavy atom. The van der Waals surface area contributed by atoms with Gasteiger partial charge in [-0.2, -0.15) is 11.8 Å². The highest BCUT2D eigenvalue weighted by molar-refractivity contribution is 7.99. The summed E-state index contributed by atoms with van der Waals surface area (Å²) in [5.74, 6) is 2.04. The molecule has 0 radical (unpaired) electrons. The maximum Gasteiger partial charge on any atom is 0.350 e. The van der Waals surface area contributed by atoms with E-state index >= 15 is 0 Å². The van der Waals surface area contributed by atoms with E-state index in [0.29, 0.717) is 17.9 Å². The topological polar surface area (TPSA) is 61.8 Å². The third-order valence-electron chi connectivity index (χ3n) is 7.14. The van der Waals surface area contributed by atoms with Gasteiger partial charge in [-0.25, -0.2) is 4.79 Å². The highest BCUT2D eigenvalue weighted by atomic mass is 32.2. The molecule has 0 spiro atoms. The van der Waals surface area contributed by atoms with Gasteiger partial charge in [-0.05, 0) is 133 Å². The molecule has 1 aliphatic carbocycles. The Kier molecular flexibility index (Phi) is 13.9. The molecular weight excluding hydrogens is 556 g/mol. The highest BCUT2D eigenvalue weighted by Crippen LogP contribution is 2.31. The zero-order valence-electron chi connectivity index (χ0n) is 28.4. The summed E-state index contributed by atoms with van der Waals surface area (Å²) in [4.78, 5) is 25.8. The summed E-state index contributed by atoms with van der Waals surface area (Å²) in [6.07, 6.45) is 10.2. The summed E-state index contributed by atoms with van der Waals surface area (Å²) in [5.41, 5.74) is 3.51. The van der Waals surface area contributed by atoms with E-state index in [1.165, 1.54) is 32.1 Å². The molecule has 0 aliphatic heterocycles. The molecule has 0 atom stereocenters. The fraction of sp³-hybridized carbons (Fsp3) is 0.568. The van der Waals surface area contributed by atoms with Crippen LogP contribution < -0.4 is 9.47 Å². The molecule has 0 aromatic heterocycles. The van der Waals surface area contributed by atoms with Gasteiger partial charge in [-0.3, -0.25) is 4.79 Å². The first kappa shape index (κ1) is 36.5. The van der Waals surface area contributed by atoms with E-state index in [-0.39, 0.29) is 5.78 Å². The Hall–Kier alpha value is -2.73. The van der Waals surface area contributed by atoms with Gasteiger partial charge in [0.05, 0.1) is 6.61 Å². The molecule has 0 heterocycles. The zero-order chi connectivity index (χ0) is 32.4. The molecule has 2 aromatic rings. The van der Waals surface area contributed by atoms with Crippen molar-refractivity contribution in [3.8, 4) is 11.5 Å². The van der Waals surface area contributed by atoms with Gasteiger partial charge in [0.1, 0.15) is 17.1 Å². The maximum atomic E-state index is 13.1. The molecule has 5 nitrogen and oxygen atoms in total. The van der Waals surface area contributed by atoms with E-state index in [4.69, 9.17) is 14.2 Å². The first-order valence-corrected chi connectivity index (χ1v) is 16.8. The van der Waals surface area contributed by atoms with Crippen molar-refractivity contribution in [3.05, 3.63) is 63.7 Å².